The number of piperidine rings is 2. The number of benzene rings is 1. The van der Waals surface area contributed by atoms with E-state index in [0.717, 1.165) is 0 Å². The highest BCUT2D eigenvalue weighted by Gasteiger charge is 2.45. The monoisotopic (exact) mass is 516 g/mol. The van der Waals surface area contributed by atoms with Crippen molar-refractivity contribution < 1.29 is 25.9 Å². The first-order chi connectivity index (χ1) is 15.0. The Labute approximate surface area is 204 Å². The molecule has 0 bridgehead atoms. The predicted octanol–water partition coefficient (Wildman–Crippen LogP) is 4.23. The van der Waals surface area contributed by atoms with Gasteiger partial charge < -0.3 is 10.6 Å². The van der Waals surface area contributed by atoms with Crippen LogP contribution in [0.1, 0.15) is 104 Å². The van der Waals surface area contributed by atoms with Crippen LogP contribution < -0.4 is 10.6 Å². The lowest BCUT2D eigenvalue weighted by Gasteiger charge is -2.48. The van der Waals surface area contributed by atoms with Crippen molar-refractivity contribution in [1.29, 1.82) is 0 Å². The first kappa shape index (κ1) is 27.5. The van der Waals surface area contributed by atoms with Gasteiger partial charge in [-0.05, 0) is 110 Å². The van der Waals surface area contributed by atoms with Gasteiger partial charge in [-0.3, -0.25) is 9.11 Å². The fourth-order valence-electron chi connectivity index (χ4n) is 6.89. The standard InChI is InChI=1S/C24H40N2O6S2/c1-21(2)11-15(12-22(3,4)25-21)17-9-10-18(33(27,28)29)19(20(17)34(30,31)32)16-13-23(5,6)26-24(7,8)14-16/h9-10,15-16,25-26H,11-14H2,1-8H3,(H,27,28,29)(H,30,31,32). The largest absolute Gasteiger partial charge is 0.307 e. The molecular formula is C24H40N2O6S2. The van der Waals surface area contributed by atoms with Gasteiger partial charge in [-0.1, -0.05) is 6.07 Å². The SMILES string of the molecule is CC1(C)CC(c2ccc(S(=O)(=O)O)c(C3CC(C)(C)NC(C)(C)C3)c2S(=O)(=O)O)CC(C)(C)N1. The van der Waals surface area contributed by atoms with Crippen LogP contribution in [0.4, 0.5) is 0 Å². The van der Waals surface area contributed by atoms with Gasteiger partial charge in [0.05, 0.1) is 4.90 Å². The molecular weight excluding hydrogens is 476 g/mol. The average Bonchev–Trinajstić information content (AvgIpc) is 2.53. The van der Waals surface area contributed by atoms with Gasteiger partial charge in [0.2, 0.25) is 0 Å². The smallest absolute Gasteiger partial charge is 0.295 e. The Morgan fingerprint density at radius 2 is 1.06 bits per heavy atom. The Morgan fingerprint density at radius 3 is 1.41 bits per heavy atom. The van der Waals surface area contributed by atoms with Crippen molar-refractivity contribution in [3.05, 3.63) is 23.3 Å². The summed E-state index contributed by atoms with van der Waals surface area (Å²) in [4.78, 5) is -0.811. The van der Waals surface area contributed by atoms with Crippen molar-refractivity contribution in [2.45, 2.75) is 125 Å². The highest BCUT2D eigenvalue weighted by Crippen LogP contribution is 2.48. The average molecular weight is 517 g/mol. The van der Waals surface area contributed by atoms with Crippen molar-refractivity contribution in [2.24, 2.45) is 0 Å². The molecule has 10 heteroatoms. The van der Waals surface area contributed by atoms with Gasteiger partial charge in [0.15, 0.2) is 0 Å². The first-order valence-electron chi connectivity index (χ1n) is 11.7. The van der Waals surface area contributed by atoms with Gasteiger partial charge in [0.1, 0.15) is 4.90 Å². The minimum atomic E-state index is -4.81. The zero-order chi connectivity index (χ0) is 26.1. The van der Waals surface area contributed by atoms with Crippen molar-refractivity contribution >= 4 is 20.2 Å². The van der Waals surface area contributed by atoms with E-state index < -0.39 is 42.1 Å². The van der Waals surface area contributed by atoms with Gasteiger partial charge in [-0.2, -0.15) is 16.8 Å². The molecule has 0 unspecified atom stereocenters. The molecule has 0 amide bonds. The summed E-state index contributed by atoms with van der Waals surface area (Å²) in [6, 6.07) is 2.76. The van der Waals surface area contributed by atoms with Crippen LogP contribution in [0.15, 0.2) is 21.9 Å². The first-order valence-corrected chi connectivity index (χ1v) is 14.6. The summed E-state index contributed by atoms with van der Waals surface area (Å²) in [5, 5.41) is 7.08. The van der Waals surface area contributed by atoms with E-state index in [4.69, 9.17) is 0 Å². The summed E-state index contributed by atoms with van der Waals surface area (Å²) in [7, 11) is -9.55. The summed E-state index contributed by atoms with van der Waals surface area (Å²) >= 11 is 0. The van der Waals surface area contributed by atoms with E-state index in [1.807, 2.05) is 55.4 Å². The fraction of sp³-hybridized carbons (Fsp3) is 0.750. The number of hydrogen-bond donors (Lipinski definition) is 4. The molecule has 0 saturated carbocycles. The lowest BCUT2D eigenvalue weighted by molar-refractivity contribution is 0.156. The van der Waals surface area contributed by atoms with Crippen LogP contribution in [-0.4, -0.2) is 48.1 Å². The molecule has 34 heavy (non-hydrogen) atoms. The van der Waals surface area contributed by atoms with Crippen LogP contribution in [0, 0.1) is 0 Å². The van der Waals surface area contributed by atoms with E-state index in [-0.39, 0.29) is 27.5 Å². The highest BCUT2D eigenvalue weighted by atomic mass is 32.2. The Kier molecular flexibility index (Phi) is 6.68. The molecule has 0 aliphatic carbocycles. The molecule has 194 valence electrons. The zero-order valence-corrected chi connectivity index (χ0v) is 23.1. The topological polar surface area (TPSA) is 133 Å². The van der Waals surface area contributed by atoms with Crippen LogP contribution in [0.5, 0.6) is 0 Å². The van der Waals surface area contributed by atoms with E-state index in [0.29, 0.717) is 31.2 Å². The van der Waals surface area contributed by atoms with E-state index in [9.17, 15) is 25.9 Å². The summed E-state index contributed by atoms with van der Waals surface area (Å²) in [5.74, 6) is -0.747. The molecule has 2 aliphatic rings. The van der Waals surface area contributed by atoms with E-state index in [1.54, 1.807) is 0 Å². The Bertz CT molecular complexity index is 1150. The highest BCUT2D eigenvalue weighted by molar-refractivity contribution is 7.86. The molecule has 2 saturated heterocycles. The summed E-state index contributed by atoms with van der Waals surface area (Å²) in [6.45, 7) is 16.1. The van der Waals surface area contributed by atoms with Crippen molar-refractivity contribution in [3.8, 4) is 0 Å². The predicted molar refractivity (Wildman–Crippen MR) is 133 cm³/mol. The Morgan fingerprint density at radius 1 is 0.676 bits per heavy atom. The van der Waals surface area contributed by atoms with E-state index in [2.05, 4.69) is 10.6 Å². The summed E-state index contributed by atoms with van der Waals surface area (Å²) in [5.41, 5.74) is -1.05. The molecule has 3 rings (SSSR count). The van der Waals surface area contributed by atoms with Gasteiger partial charge in [-0.25, -0.2) is 0 Å². The lowest BCUT2D eigenvalue weighted by atomic mass is 9.70. The van der Waals surface area contributed by atoms with Crippen molar-refractivity contribution in [3.63, 3.8) is 0 Å². The van der Waals surface area contributed by atoms with Crippen LogP contribution in [0.2, 0.25) is 0 Å². The minimum absolute atomic E-state index is 0.000653. The maximum absolute atomic E-state index is 12.9. The molecule has 2 fully saturated rings. The molecule has 1 aromatic carbocycles. The van der Waals surface area contributed by atoms with E-state index in [1.165, 1.54) is 12.1 Å². The normalized spacial score (nSPS) is 25.2. The van der Waals surface area contributed by atoms with Gasteiger partial charge in [0, 0.05) is 22.2 Å². The van der Waals surface area contributed by atoms with Crippen molar-refractivity contribution in [2.75, 3.05) is 0 Å². The molecule has 8 nitrogen and oxygen atoms in total. The van der Waals surface area contributed by atoms with E-state index >= 15 is 0 Å². The molecule has 0 atom stereocenters. The van der Waals surface area contributed by atoms with Crippen LogP contribution in [0.25, 0.3) is 0 Å². The second kappa shape index (κ2) is 8.24. The maximum Gasteiger partial charge on any atom is 0.295 e. The quantitative estimate of drug-likeness (QED) is 0.437. The Hall–Kier alpha value is -1.04. The number of nitrogens with one attached hydrogen (secondary N) is 2. The maximum atomic E-state index is 12.9. The molecule has 2 heterocycles. The second-order valence-corrected chi connectivity index (χ2v) is 15.6. The minimum Gasteiger partial charge on any atom is -0.307 e. The van der Waals surface area contributed by atoms with Crippen LogP contribution in [0.3, 0.4) is 0 Å². The van der Waals surface area contributed by atoms with Gasteiger partial charge in [0.25, 0.3) is 20.2 Å². The Balaban J connectivity index is 2.35. The zero-order valence-electron chi connectivity index (χ0n) is 21.5. The van der Waals surface area contributed by atoms with Gasteiger partial charge >= 0.3 is 0 Å². The number of hydrogen-bond acceptors (Lipinski definition) is 6. The third kappa shape index (κ3) is 6.02. The fourth-order valence-corrected chi connectivity index (χ4v) is 8.83. The van der Waals surface area contributed by atoms with Crippen LogP contribution >= 0.6 is 0 Å². The van der Waals surface area contributed by atoms with Crippen LogP contribution in [-0.2, 0) is 20.2 Å². The molecule has 0 spiro atoms. The number of rotatable bonds is 4. The van der Waals surface area contributed by atoms with Gasteiger partial charge in [-0.15, -0.1) is 0 Å². The third-order valence-electron chi connectivity index (χ3n) is 6.95. The van der Waals surface area contributed by atoms with Crippen molar-refractivity contribution in [1.82, 2.24) is 10.6 Å². The third-order valence-corrected chi connectivity index (χ3v) is 8.83. The second-order valence-electron chi connectivity index (χ2n) is 12.8. The summed E-state index contributed by atoms with van der Waals surface area (Å²) < 4.78 is 71.3. The molecule has 0 radical (unpaired) electrons. The molecule has 2 aliphatic heterocycles. The summed E-state index contributed by atoms with van der Waals surface area (Å²) in [6.07, 6.45) is 2.09. The molecule has 4 N–H and O–H groups in total. The molecule has 1 aromatic rings. The molecule has 0 aromatic heterocycles. The lowest BCUT2D eigenvalue weighted by Crippen LogP contribution is -2.57.